The lowest BCUT2D eigenvalue weighted by Gasteiger charge is -2.18. The van der Waals surface area contributed by atoms with Crippen LogP contribution >= 0.6 is 0 Å². The third kappa shape index (κ3) is 21.4. The van der Waals surface area contributed by atoms with Crippen molar-refractivity contribution in [1.82, 2.24) is 9.80 Å². The van der Waals surface area contributed by atoms with Gasteiger partial charge in [-0.15, -0.1) is 0 Å². The van der Waals surface area contributed by atoms with Crippen LogP contribution in [-0.4, -0.2) is 41.4 Å². The average molecular weight is 549 g/mol. The van der Waals surface area contributed by atoms with Gasteiger partial charge >= 0.3 is 0 Å². The van der Waals surface area contributed by atoms with Crippen LogP contribution in [0, 0.1) is 0 Å². The molecule has 1 aliphatic rings. The highest BCUT2D eigenvalue weighted by molar-refractivity contribution is 5.80. The lowest BCUT2D eigenvalue weighted by molar-refractivity contribution is -0.134. The average Bonchev–Trinajstić information content (AvgIpc) is 3.44. The van der Waals surface area contributed by atoms with Crippen molar-refractivity contribution >= 4 is 11.8 Å². The predicted molar refractivity (Wildman–Crippen MR) is 169 cm³/mol. The first kappa shape index (κ1) is 36.0. The Kier molecular flexibility index (Phi) is 25.0. The van der Waals surface area contributed by atoms with Crippen LogP contribution in [0.25, 0.3) is 0 Å². The predicted octanol–water partition coefficient (Wildman–Crippen LogP) is 10.6. The van der Waals surface area contributed by atoms with Crippen molar-refractivity contribution in [3.05, 3.63) is 0 Å². The summed E-state index contributed by atoms with van der Waals surface area (Å²) in [6.07, 6.45) is 35.8. The molecule has 0 radical (unpaired) electrons. The standard InChI is InChI=1S/C35H68N2O2/c1-3-5-7-9-11-13-15-17-19-21-23-25-27-29-34(38)36-31-32-37(33-36)35(39)30-28-26-24-22-20-18-16-14-12-10-8-6-4-2/h3-33H2,1-2H3. The molecule has 0 spiro atoms. The Morgan fingerprint density at radius 1 is 0.385 bits per heavy atom. The van der Waals surface area contributed by atoms with Crippen molar-refractivity contribution in [1.29, 1.82) is 0 Å². The van der Waals surface area contributed by atoms with E-state index >= 15 is 0 Å². The number of carbonyl (C=O) groups excluding carboxylic acids is 2. The Balaban J connectivity index is 1.89. The van der Waals surface area contributed by atoms with Crippen LogP contribution in [0.5, 0.6) is 0 Å². The van der Waals surface area contributed by atoms with E-state index in [1.54, 1.807) is 0 Å². The van der Waals surface area contributed by atoms with E-state index in [9.17, 15) is 9.59 Å². The number of hydrogen-bond donors (Lipinski definition) is 0. The molecule has 39 heavy (non-hydrogen) atoms. The quantitative estimate of drug-likeness (QED) is 0.0912. The van der Waals surface area contributed by atoms with E-state index in [0.717, 1.165) is 38.8 Å². The second-order valence-electron chi connectivity index (χ2n) is 12.4. The summed E-state index contributed by atoms with van der Waals surface area (Å²) in [7, 11) is 0. The third-order valence-corrected chi connectivity index (χ3v) is 8.68. The molecule has 0 bridgehead atoms. The molecule has 1 aliphatic heterocycles. The zero-order valence-corrected chi connectivity index (χ0v) is 26.6. The minimum absolute atomic E-state index is 0.245. The van der Waals surface area contributed by atoms with Gasteiger partial charge < -0.3 is 9.80 Å². The minimum atomic E-state index is 0.245. The van der Waals surface area contributed by atoms with Crippen LogP contribution in [0.3, 0.4) is 0 Å². The lowest BCUT2D eigenvalue weighted by Crippen LogP contribution is -2.33. The highest BCUT2D eigenvalue weighted by Crippen LogP contribution is 2.16. The normalized spacial score (nSPS) is 13.5. The van der Waals surface area contributed by atoms with Crippen LogP contribution < -0.4 is 0 Å². The van der Waals surface area contributed by atoms with Crippen molar-refractivity contribution in [2.24, 2.45) is 0 Å². The molecule has 0 saturated carbocycles. The smallest absolute Gasteiger partial charge is 0.224 e. The van der Waals surface area contributed by atoms with Crippen molar-refractivity contribution in [3.63, 3.8) is 0 Å². The van der Waals surface area contributed by atoms with Gasteiger partial charge in [-0.2, -0.15) is 0 Å². The summed E-state index contributed by atoms with van der Waals surface area (Å²) in [5.41, 5.74) is 0. The van der Waals surface area contributed by atoms with E-state index in [2.05, 4.69) is 13.8 Å². The number of rotatable bonds is 28. The SMILES string of the molecule is CCCCCCCCCCCCCCCC(=O)N1CCN(C(=O)CCCCCCCCCCCCCCC)C1. The van der Waals surface area contributed by atoms with Crippen LogP contribution in [-0.2, 0) is 9.59 Å². The largest absolute Gasteiger partial charge is 0.323 e. The third-order valence-electron chi connectivity index (χ3n) is 8.68. The molecule has 0 N–H and O–H groups in total. The lowest BCUT2D eigenvalue weighted by atomic mass is 10.0. The number of nitrogens with zero attached hydrogens (tertiary/aromatic N) is 2. The van der Waals surface area contributed by atoms with E-state index in [1.807, 2.05) is 9.80 Å². The second kappa shape index (κ2) is 27.1. The molecule has 4 nitrogen and oxygen atoms in total. The summed E-state index contributed by atoms with van der Waals surface area (Å²) in [4.78, 5) is 29.0. The Bertz CT molecular complexity index is 517. The summed E-state index contributed by atoms with van der Waals surface area (Å²) < 4.78 is 0. The van der Waals surface area contributed by atoms with Gasteiger partial charge in [-0.3, -0.25) is 9.59 Å². The van der Waals surface area contributed by atoms with Gasteiger partial charge in [0.1, 0.15) is 0 Å². The topological polar surface area (TPSA) is 40.6 Å². The summed E-state index contributed by atoms with van der Waals surface area (Å²) in [6, 6.07) is 0. The van der Waals surface area contributed by atoms with Gasteiger partial charge in [0, 0.05) is 25.9 Å². The zero-order valence-electron chi connectivity index (χ0n) is 26.6. The first-order valence-electron chi connectivity index (χ1n) is 17.7. The molecule has 1 saturated heterocycles. The van der Waals surface area contributed by atoms with Gasteiger partial charge in [0.25, 0.3) is 0 Å². The van der Waals surface area contributed by atoms with E-state index < -0.39 is 0 Å². The highest BCUT2D eigenvalue weighted by Gasteiger charge is 2.26. The fourth-order valence-corrected chi connectivity index (χ4v) is 5.90. The summed E-state index contributed by atoms with van der Waals surface area (Å²) in [5.74, 6) is 0.490. The fraction of sp³-hybridized carbons (Fsp3) is 0.943. The Hall–Kier alpha value is -1.06. The van der Waals surface area contributed by atoms with Crippen molar-refractivity contribution in [3.8, 4) is 0 Å². The first-order chi connectivity index (χ1) is 19.2. The molecule has 0 atom stereocenters. The van der Waals surface area contributed by atoms with Crippen LogP contribution in [0.15, 0.2) is 0 Å². The number of amides is 2. The van der Waals surface area contributed by atoms with Crippen LogP contribution in [0.1, 0.15) is 194 Å². The van der Waals surface area contributed by atoms with Crippen LogP contribution in [0.4, 0.5) is 0 Å². The summed E-state index contributed by atoms with van der Waals surface area (Å²) in [5, 5.41) is 0. The maximum absolute atomic E-state index is 12.6. The Morgan fingerprint density at radius 3 is 0.872 bits per heavy atom. The van der Waals surface area contributed by atoms with E-state index in [1.165, 1.54) is 141 Å². The Morgan fingerprint density at radius 2 is 0.615 bits per heavy atom. The Labute approximate surface area is 244 Å². The molecule has 0 aromatic rings. The molecule has 4 heteroatoms. The first-order valence-corrected chi connectivity index (χ1v) is 17.7. The summed E-state index contributed by atoms with van der Waals surface area (Å²) in [6.45, 7) is 6.53. The molecule has 0 aromatic heterocycles. The molecule has 230 valence electrons. The number of hydrogen-bond acceptors (Lipinski definition) is 2. The molecule has 1 fully saturated rings. The molecular formula is C35H68N2O2. The fourth-order valence-electron chi connectivity index (χ4n) is 5.90. The molecule has 0 unspecified atom stereocenters. The molecule has 2 amide bonds. The van der Waals surface area contributed by atoms with Gasteiger partial charge in [-0.1, -0.05) is 168 Å². The van der Waals surface area contributed by atoms with Crippen molar-refractivity contribution in [2.75, 3.05) is 19.8 Å². The van der Waals surface area contributed by atoms with Gasteiger partial charge in [0.15, 0.2) is 0 Å². The molecular weight excluding hydrogens is 480 g/mol. The monoisotopic (exact) mass is 549 g/mol. The molecule has 1 rings (SSSR count). The number of unbranched alkanes of at least 4 members (excludes halogenated alkanes) is 24. The maximum atomic E-state index is 12.6. The van der Waals surface area contributed by atoms with Crippen LogP contribution in [0.2, 0.25) is 0 Å². The van der Waals surface area contributed by atoms with Gasteiger partial charge in [0.05, 0.1) is 6.67 Å². The van der Waals surface area contributed by atoms with E-state index in [-0.39, 0.29) is 11.8 Å². The van der Waals surface area contributed by atoms with Gasteiger partial charge in [0.2, 0.25) is 11.8 Å². The number of carbonyl (C=O) groups is 2. The minimum Gasteiger partial charge on any atom is -0.323 e. The molecule has 0 aromatic carbocycles. The van der Waals surface area contributed by atoms with Crippen molar-refractivity contribution < 1.29 is 9.59 Å². The van der Waals surface area contributed by atoms with Gasteiger partial charge in [-0.25, -0.2) is 0 Å². The maximum Gasteiger partial charge on any atom is 0.224 e. The van der Waals surface area contributed by atoms with E-state index in [0.29, 0.717) is 19.5 Å². The molecule has 0 aliphatic carbocycles. The highest BCUT2D eigenvalue weighted by atomic mass is 16.2. The van der Waals surface area contributed by atoms with Crippen molar-refractivity contribution in [2.45, 2.75) is 194 Å². The van der Waals surface area contributed by atoms with Gasteiger partial charge in [-0.05, 0) is 12.8 Å². The summed E-state index contributed by atoms with van der Waals surface area (Å²) >= 11 is 0. The van der Waals surface area contributed by atoms with E-state index in [4.69, 9.17) is 0 Å². The molecule has 1 heterocycles. The zero-order chi connectivity index (χ0) is 28.2. The second-order valence-corrected chi connectivity index (χ2v) is 12.4.